The highest BCUT2D eigenvalue weighted by Crippen LogP contribution is 2.23. The summed E-state index contributed by atoms with van der Waals surface area (Å²) in [6, 6.07) is 8.41. The molecule has 4 rings (SSSR count). The zero-order valence-corrected chi connectivity index (χ0v) is 15.8. The molecule has 1 aromatic carbocycles. The zero-order chi connectivity index (χ0) is 18.8. The lowest BCUT2D eigenvalue weighted by Crippen LogP contribution is -2.36. The van der Waals surface area contributed by atoms with Crippen LogP contribution in [0.1, 0.15) is 16.1 Å². The number of benzene rings is 1. The van der Waals surface area contributed by atoms with Crippen LogP contribution in [0.5, 0.6) is 0 Å². The van der Waals surface area contributed by atoms with Crippen LogP contribution in [0, 0.1) is 0 Å². The fourth-order valence-corrected chi connectivity index (χ4v) is 3.94. The molecule has 0 aliphatic carbocycles. The lowest BCUT2D eigenvalue weighted by Gasteiger charge is -2.25. The van der Waals surface area contributed by atoms with Gasteiger partial charge >= 0.3 is 0 Å². The van der Waals surface area contributed by atoms with Gasteiger partial charge in [0.15, 0.2) is 0 Å². The van der Waals surface area contributed by atoms with Gasteiger partial charge in [0.05, 0.1) is 13.2 Å². The van der Waals surface area contributed by atoms with E-state index in [4.69, 9.17) is 16.3 Å². The molecule has 1 saturated heterocycles. The molecule has 0 bridgehead atoms. The van der Waals surface area contributed by atoms with E-state index in [9.17, 15) is 9.59 Å². The number of aromatic nitrogens is 3. The average Bonchev–Trinajstić information content (AvgIpc) is 3.10. The summed E-state index contributed by atoms with van der Waals surface area (Å²) in [7, 11) is 0. The first-order valence-electron chi connectivity index (χ1n) is 8.36. The number of nitrogens with one attached hydrogen (secondary N) is 1. The van der Waals surface area contributed by atoms with Crippen molar-refractivity contribution in [1.29, 1.82) is 0 Å². The Bertz CT molecular complexity index is 1040. The van der Waals surface area contributed by atoms with Crippen molar-refractivity contribution < 1.29 is 9.53 Å². The number of hydrogen-bond acceptors (Lipinski definition) is 7. The number of carbonyl (C=O) groups is 1. The second-order valence-corrected chi connectivity index (χ2v) is 7.34. The molecule has 1 N–H and O–H groups in total. The fraction of sp³-hybridized carbons (Fsp3) is 0.294. The molecule has 0 saturated carbocycles. The van der Waals surface area contributed by atoms with Crippen molar-refractivity contribution in [3.63, 3.8) is 0 Å². The molecule has 3 aromatic rings. The second-order valence-electron chi connectivity index (χ2n) is 5.97. The summed E-state index contributed by atoms with van der Waals surface area (Å²) in [6.07, 6.45) is 0. The average molecular weight is 406 g/mol. The summed E-state index contributed by atoms with van der Waals surface area (Å²) in [4.78, 5) is 31.0. The molecule has 0 unspecified atom stereocenters. The predicted molar refractivity (Wildman–Crippen MR) is 103 cm³/mol. The van der Waals surface area contributed by atoms with Crippen molar-refractivity contribution in [2.24, 2.45) is 0 Å². The summed E-state index contributed by atoms with van der Waals surface area (Å²) in [5.74, 6) is -0.400. The molecule has 0 radical (unpaired) electrons. The second kappa shape index (κ2) is 7.63. The predicted octanol–water partition coefficient (Wildman–Crippen LogP) is 1.57. The third-order valence-electron chi connectivity index (χ3n) is 4.10. The monoisotopic (exact) mass is 405 g/mol. The number of nitrogens with zero attached hydrogens (tertiary/aromatic N) is 4. The molecule has 0 spiro atoms. The minimum atomic E-state index is -0.472. The number of fused-ring (bicyclic) bond motifs is 1. The van der Waals surface area contributed by atoms with E-state index in [1.165, 1.54) is 21.9 Å². The van der Waals surface area contributed by atoms with Gasteiger partial charge in [0, 0.05) is 30.7 Å². The Hall–Kier alpha value is -2.49. The number of amides is 1. The van der Waals surface area contributed by atoms with E-state index >= 15 is 0 Å². The highest BCUT2D eigenvalue weighted by molar-refractivity contribution is 7.20. The van der Waals surface area contributed by atoms with Crippen LogP contribution in [0.2, 0.25) is 5.02 Å². The van der Waals surface area contributed by atoms with Crippen LogP contribution < -0.4 is 15.8 Å². The lowest BCUT2D eigenvalue weighted by atomic mass is 10.2. The largest absolute Gasteiger partial charge is 0.378 e. The Balaban J connectivity index is 1.60. The van der Waals surface area contributed by atoms with Gasteiger partial charge in [0.2, 0.25) is 10.1 Å². The van der Waals surface area contributed by atoms with Crippen LogP contribution in [-0.4, -0.2) is 46.8 Å². The zero-order valence-electron chi connectivity index (χ0n) is 14.2. The number of carbonyl (C=O) groups excluding carboxylic acids is 1. The van der Waals surface area contributed by atoms with Gasteiger partial charge in [-0.05, 0) is 17.7 Å². The normalized spacial score (nSPS) is 14.5. The summed E-state index contributed by atoms with van der Waals surface area (Å²) >= 11 is 7.24. The maximum absolute atomic E-state index is 12.7. The lowest BCUT2D eigenvalue weighted by molar-refractivity contribution is 0.0943. The number of halogens is 1. The Labute approximate surface area is 163 Å². The van der Waals surface area contributed by atoms with Gasteiger partial charge in [0.25, 0.3) is 11.5 Å². The number of ether oxygens (including phenoxy) is 1. The standard InChI is InChI=1S/C17H16ClN5O3S/c18-12-3-1-2-11(8-12)10-19-15(25)13-9-14(24)20-16-23(13)21-17(27-16)22-4-6-26-7-5-22/h1-3,8-9H,4-7,10H2,(H,19,25). The minimum absolute atomic E-state index is 0.155. The molecular weight excluding hydrogens is 390 g/mol. The van der Waals surface area contributed by atoms with E-state index in [1.807, 2.05) is 12.1 Å². The van der Waals surface area contributed by atoms with Crippen molar-refractivity contribution in [3.8, 4) is 0 Å². The Morgan fingerprint density at radius 2 is 2.11 bits per heavy atom. The van der Waals surface area contributed by atoms with E-state index in [2.05, 4.69) is 20.3 Å². The van der Waals surface area contributed by atoms with Crippen LogP contribution >= 0.6 is 22.9 Å². The van der Waals surface area contributed by atoms with E-state index < -0.39 is 11.5 Å². The maximum atomic E-state index is 12.7. The number of anilines is 1. The summed E-state index contributed by atoms with van der Waals surface area (Å²) < 4.78 is 6.77. The van der Waals surface area contributed by atoms with Crippen molar-refractivity contribution >= 4 is 38.9 Å². The van der Waals surface area contributed by atoms with Crippen LogP contribution in [-0.2, 0) is 11.3 Å². The molecule has 2 aromatic heterocycles. The number of rotatable bonds is 4. The Morgan fingerprint density at radius 1 is 1.30 bits per heavy atom. The van der Waals surface area contributed by atoms with Crippen molar-refractivity contribution in [3.05, 3.63) is 57.0 Å². The van der Waals surface area contributed by atoms with E-state index in [0.717, 1.165) is 5.56 Å². The quantitative estimate of drug-likeness (QED) is 0.708. The SMILES string of the molecule is O=C(NCc1cccc(Cl)c1)c1cc(=O)nc2sc(N3CCOCC3)nn12. The third-order valence-corrected chi connectivity index (χ3v) is 5.30. The highest BCUT2D eigenvalue weighted by Gasteiger charge is 2.20. The molecule has 1 aliphatic heterocycles. The molecule has 27 heavy (non-hydrogen) atoms. The summed E-state index contributed by atoms with van der Waals surface area (Å²) in [5, 5.41) is 8.59. The first-order valence-corrected chi connectivity index (χ1v) is 9.56. The molecule has 8 nitrogen and oxygen atoms in total. The molecule has 1 aliphatic rings. The first-order chi connectivity index (χ1) is 13.1. The Morgan fingerprint density at radius 3 is 2.89 bits per heavy atom. The van der Waals surface area contributed by atoms with Gasteiger partial charge in [-0.2, -0.15) is 9.50 Å². The smallest absolute Gasteiger partial charge is 0.274 e. The molecule has 10 heteroatoms. The van der Waals surface area contributed by atoms with Gasteiger partial charge < -0.3 is 15.0 Å². The van der Waals surface area contributed by atoms with Crippen LogP contribution in [0.4, 0.5) is 5.13 Å². The van der Waals surface area contributed by atoms with Crippen LogP contribution in [0.25, 0.3) is 4.96 Å². The van der Waals surface area contributed by atoms with Crippen LogP contribution in [0.15, 0.2) is 35.1 Å². The van der Waals surface area contributed by atoms with Gasteiger partial charge in [-0.15, -0.1) is 5.10 Å². The van der Waals surface area contributed by atoms with E-state index in [-0.39, 0.29) is 5.69 Å². The van der Waals surface area contributed by atoms with Crippen molar-refractivity contribution in [2.75, 3.05) is 31.2 Å². The van der Waals surface area contributed by atoms with Crippen LogP contribution in [0.3, 0.4) is 0 Å². The van der Waals surface area contributed by atoms with E-state index in [0.29, 0.717) is 48.0 Å². The molecule has 3 heterocycles. The highest BCUT2D eigenvalue weighted by atomic mass is 35.5. The Kier molecular flexibility index (Phi) is 5.06. The summed E-state index contributed by atoms with van der Waals surface area (Å²) in [6.45, 7) is 2.95. The fourth-order valence-electron chi connectivity index (χ4n) is 2.77. The maximum Gasteiger partial charge on any atom is 0.274 e. The van der Waals surface area contributed by atoms with Gasteiger partial charge in [-0.3, -0.25) is 9.59 Å². The minimum Gasteiger partial charge on any atom is -0.378 e. The van der Waals surface area contributed by atoms with Gasteiger partial charge in [0.1, 0.15) is 5.69 Å². The van der Waals surface area contributed by atoms with Gasteiger partial charge in [-0.25, -0.2) is 0 Å². The molecule has 1 amide bonds. The van der Waals surface area contributed by atoms with E-state index in [1.54, 1.807) is 12.1 Å². The van der Waals surface area contributed by atoms with Gasteiger partial charge in [-0.1, -0.05) is 35.1 Å². The number of hydrogen-bond donors (Lipinski definition) is 1. The third kappa shape index (κ3) is 3.95. The van der Waals surface area contributed by atoms with Crippen molar-refractivity contribution in [2.45, 2.75) is 6.54 Å². The summed E-state index contributed by atoms with van der Waals surface area (Å²) in [5.41, 5.74) is 0.545. The molecular formula is C17H16ClN5O3S. The first kappa shape index (κ1) is 17.9. The molecule has 0 atom stereocenters. The molecule has 1 fully saturated rings. The molecule has 140 valence electrons. The van der Waals surface area contributed by atoms with Crippen molar-refractivity contribution in [1.82, 2.24) is 19.9 Å². The topological polar surface area (TPSA) is 88.8 Å². The number of morpholine rings is 1.